The number of nitrogens with two attached hydrogens (primary N) is 1. The van der Waals surface area contributed by atoms with Crippen LogP contribution in [0.15, 0.2) is 54.1 Å². The first kappa shape index (κ1) is 10.8. The molecule has 2 atom stereocenters. The largest absolute Gasteiger partial charge is 0.377 e. The van der Waals surface area contributed by atoms with Gasteiger partial charge >= 0.3 is 0 Å². The zero-order valence-corrected chi connectivity index (χ0v) is 9.84. The number of amides is 1. The molecule has 1 amide bonds. The summed E-state index contributed by atoms with van der Waals surface area (Å²) in [6.07, 6.45) is 9.83. The first-order valence-electron chi connectivity index (χ1n) is 5.97. The van der Waals surface area contributed by atoms with Gasteiger partial charge in [-0.1, -0.05) is 48.6 Å². The highest BCUT2D eigenvalue weighted by atomic mass is 16.1. The number of carbonyl (C=O) groups excluding carboxylic acids is 1. The van der Waals surface area contributed by atoms with E-state index in [-0.39, 0.29) is 17.9 Å². The van der Waals surface area contributed by atoms with Crippen LogP contribution in [0.2, 0.25) is 0 Å². The summed E-state index contributed by atoms with van der Waals surface area (Å²) < 4.78 is 0. The average Bonchev–Trinajstić information content (AvgIpc) is 2.56. The lowest BCUT2D eigenvalue weighted by molar-refractivity contribution is -0.115. The third kappa shape index (κ3) is 1.74. The van der Waals surface area contributed by atoms with Gasteiger partial charge in [0.1, 0.15) is 0 Å². The quantitative estimate of drug-likeness (QED) is 0.787. The van der Waals surface area contributed by atoms with Gasteiger partial charge in [-0.25, -0.2) is 0 Å². The Morgan fingerprint density at radius 2 is 2.06 bits per heavy atom. The Hall–Kier alpha value is -2.29. The lowest BCUT2D eigenvalue weighted by Crippen LogP contribution is -2.33. The minimum atomic E-state index is -0.355. The van der Waals surface area contributed by atoms with Crippen LogP contribution in [0.3, 0.4) is 0 Å². The third-order valence-corrected chi connectivity index (χ3v) is 3.39. The first-order valence-corrected chi connectivity index (χ1v) is 5.97. The van der Waals surface area contributed by atoms with Gasteiger partial charge in [0.25, 0.3) is 0 Å². The van der Waals surface area contributed by atoms with Gasteiger partial charge in [-0.15, -0.1) is 0 Å². The van der Waals surface area contributed by atoms with Gasteiger partial charge < -0.3 is 11.1 Å². The van der Waals surface area contributed by atoms with E-state index in [2.05, 4.69) is 11.4 Å². The summed E-state index contributed by atoms with van der Waals surface area (Å²) in [4.78, 5) is 11.5. The van der Waals surface area contributed by atoms with Crippen molar-refractivity contribution in [3.8, 4) is 0 Å². The molecule has 3 nitrogen and oxygen atoms in total. The fraction of sp³-hybridized carbons (Fsp3) is 0.133. The van der Waals surface area contributed by atoms with Gasteiger partial charge in [0.2, 0.25) is 5.91 Å². The van der Waals surface area contributed by atoms with Crippen LogP contribution in [0.25, 0.3) is 6.08 Å². The zero-order valence-electron chi connectivity index (χ0n) is 9.84. The van der Waals surface area contributed by atoms with E-state index in [0.717, 1.165) is 11.3 Å². The molecule has 2 unspecified atom stereocenters. The summed E-state index contributed by atoms with van der Waals surface area (Å²) in [7, 11) is 0. The lowest BCUT2D eigenvalue weighted by Gasteiger charge is -2.26. The first-order chi connectivity index (χ1) is 8.75. The Morgan fingerprint density at radius 1 is 1.22 bits per heavy atom. The molecule has 0 bridgehead atoms. The number of hydrogen-bond donors (Lipinski definition) is 2. The molecule has 1 aromatic rings. The number of carbonyl (C=O) groups is 1. The van der Waals surface area contributed by atoms with Crippen LogP contribution in [-0.4, -0.2) is 11.9 Å². The van der Waals surface area contributed by atoms with Crippen LogP contribution >= 0.6 is 0 Å². The van der Waals surface area contributed by atoms with Crippen LogP contribution in [0.5, 0.6) is 0 Å². The van der Waals surface area contributed by atoms with E-state index in [1.54, 1.807) is 6.08 Å². The Kier molecular flexibility index (Phi) is 2.52. The number of nitrogens with one attached hydrogen (secondary N) is 1. The van der Waals surface area contributed by atoms with E-state index >= 15 is 0 Å². The maximum absolute atomic E-state index is 11.5. The van der Waals surface area contributed by atoms with Crippen molar-refractivity contribution in [2.24, 2.45) is 11.7 Å². The van der Waals surface area contributed by atoms with Crippen molar-refractivity contribution in [1.29, 1.82) is 0 Å². The Balaban J connectivity index is 2.03. The van der Waals surface area contributed by atoms with Crippen molar-refractivity contribution < 1.29 is 4.79 Å². The molecule has 0 aromatic heterocycles. The van der Waals surface area contributed by atoms with Crippen molar-refractivity contribution in [1.82, 2.24) is 0 Å². The van der Waals surface area contributed by atoms with Crippen LogP contribution in [0, 0.1) is 5.92 Å². The molecule has 0 saturated heterocycles. The van der Waals surface area contributed by atoms with E-state index < -0.39 is 0 Å². The number of primary amides is 1. The Morgan fingerprint density at radius 3 is 2.89 bits per heavy atom. The summed E-state index contributed by atoms with van der Waals surface area (Å²) in [5.74, 6) is -0.355. The summed E-state index contributed by atoms with van der Waals surface area (Å²) in [6.45, 7) is 0. The SMILES string of the molecule is NC(=O)C1=CC=CC2Nc3ccccc3C=CC12. The van der Waals surface area contributed by atoms with Gasteiger partial charge in [0.05, 0.1) is 6.04 Å². The standard InChI is InChI=1S/C15H14N2O/c16-15(18)12-5-3-7-14-11(12)9-8-10-4-1-2-6-13(10)17-14/h1-9,11,14,17H,(H2,16,18). The van der Waals surface area contributed by atoms with Gasteiger partial charge in [-0.2, -0.15) is 0 Å². The van der Waals surface area contributed by atoms with E-state index in [1.165, 1.54) is 0 Å². The van der Waals surface area contributed by atoms with Gasteiger partial charge in [0, 0.05) is 17.2 Å². The second-order valence-corrected chi connectivity index (χ2v) is 4.51. The molecule has 0 saturated carbocycles. The fourth-order valence-corrected chi connectivity index (χ4v) is 2.47. The van der Waals surface area contributed by atoms with Crippen molar-refractivity contribution in [2.75, 3.05) is 5.32 Å². The van der Waals surface area contributed by atoms with Crippen LogP contribution in [0.1, 0.15) is 5.56 Å². The highest BCUT2D eigenvalue weighted by Gasteiger charge is 2.27. The minimum Gasteiger partial charge on any atom is -0.377 e. The maximum atomic E-state index is 11.5. The van der Waals surface area contributed by atoms with Gasteiger partial charge in [-0.05, 0) is 11.6 Å². The van der Waals surface area contributed by atoms with Crippen LogP contribution in [0.4, 0.5) is 5.69 Å². The highest BCUT2D eigenvalue weighted by Crippen LogP contribution is 2.31. The number of benzene rings is 1. The third-order valence-electron chi connectivity index (χ3n) is 3.39. The molecule has 3 heteroatoms. The number of fused-ring (bicyclic) bond motifs is 2. The van der Waals surface area contributed by atoms with Crippen molar-refractivity contribution >= 4 is 17.7 Å². The molecule has 1 aromatic carbocycles. The van der Waals surface area contributed by atoms with E-state index in [1.807, 2.05) is 42.5 Å². The number of rotatable bonds is 1. The normalized spacial score (nSPS) is 24.3. The Bertz CT molecular complexity index is 584. The second-order valence-electron chi connectivity index (χ2n) is 4.51. The molecule has 0 radical (unpaired) electrons. The number of hydrogen-bond acceptors (Lipinski definition) is 2. The maximum Gasteiger partial charge on any atom is 0.245 e. The fourth-order valence-electron chi connectivity index (χ4n) is 2.47. The molecule has 3 rings (SSSR count). The lowest BCUT2D eigenvalue weighted by atomic mass is 9.86. The molecular weight excluding hydrogens is 224 g/mol. The van der Waals surface area contributed by atoms with E-state index in [0.29, 0.717) is 5.57 Å². The van der Waals surface area contributed by atoms with E-state index in [4.69, 9.17) is 5.73 Å². The molecule has 0 spiro atoms. The Labute approximate surface area is 106 Å². The average molecular weight is 238 g/mol. The summed E-state index contributed by atoms with van der Waals surface area (Å²) in [5, 5.41) is 3.45. The van der Waals surface area contributed by atoms with Gasteiger partial charge in [0.15, 0.2) is 0 Å². The topological polar surface area (TPSA) is 55.1 Å². The summed E-state index contributed by atoms with van der Waals surface area (Å²) >= 11 is 0. The molecule has 1 aliphatic heterocycles. The molecule has 3 N–H and O–H groups in total. The van der Waals surface area contributed by atoms with Crippen molar-refractivity contribution in [3.63, 3.8) is 0 Å². The second kappa shape index (κ2) is 4.18. The molecule has 0 fully saturated rings. The monoisotopic (exact) mass is 238 g/mol. The highest BCUT2D eigenvalue weighted by molar-refractivity contribution is 5.94. The van der Waals surface area contributed by atoms with Gasteiger partial charge in [-0.3, -0.25) is 4.79 Å². The summed E-state index contributed by atoms with van der Waals surface area (Å²) in [6, 6.07) is 8.17. The molecule has 1 heterocycles. The molecule has 2 aliphatic rings. The summed E-state index contributed by atoms with van der Waals surface area (Å²) in [5.41, 5.74) is 8.29. The molecule has 90 valence electrons. The van der Waals surface area contributed by atoms with Crippen LogP contribution < -0.4 is 11.1 Å². The number of anilines is 1. The number of allylic oxidation sites excluding steroid dienone is 2. The molecular formula is C15H14N2O. The predicted molar refractivity (Wildman–Crippen MR) is 72.8 cm³/mol. The molecule has 18 heavy (non-hydrogen) atoms. The van der Waals surface area contributed by atoms with Crippen molar-refractivity contribution in [2.45, 2.75) is 6.04 Å². The zero-order chi connectivity index (χ0) is 12.5. The molecule has 1 aliphatic carbocycles. The minimum absolute atomic E-state index is 0.0000926. The van der Waals surface area contributed by atoms with Crippen LogP contribution in [-0.2, 0) is 4.79 Å². The van der Waals surface area contributed by atoms with E-state index in [9.17, 15) is 4.79 Å². The predicted octanol–water partition coefficient (Wildman–Crippen LogP) is 2.09. The number of para-hydroxylation sites is 1. The smallest absolute Gasteiger partial charge is 0.245 e. The van der Waals surface area contributed by atoms with Crippen molar-refractivity contribution in [3.05, 3.63) is 59.7 Å².